The molecule has 1 unspecified atom stereocenters. The van der Waals surface area contributed by atoms with Crippen LogP contribution in [0.25, 0.3) is 21.8 Å². The van der Waals surface area contributed by atoms with Crippen LogP contribution in [0.15, 0.2) is 77.7 Å². The first-order valence-corrected chi connectivity index (χ1v) is 11.6. The molecule has 3 nitrogen and oxygen atoms in total. The summed E-state index contributed by atoms with van der Waals surface area (Å²) in [6.07, 6.45) is -0.325. The van der Waals surface area contributed by atoms with Crippen LogP contribution in [-0.4, -0.2) is 17.0 Å². The summed E-state index contributed by atoms with van der Waals surface area (Å²) in [5, 5.41) is 2.57. The molecule has 1 fully saturated rings. The monoisotopic (exact) mass is 456 g/mol. The molecule has 1 aliphatic rings. The largest absolute Gasteiger partial charge is 0.573 e. The third-order valence-corrected chi connectivity index (χ3v) is 6.99. The molecular formula is C25H23F3N2OS. The number of nitrogens with zero attached hydrogens (tertiary/aromatic N) is 1. The van der Waals surface area contributed by atoms with Crippen LogP contribution in [0.5, 0.6) is 5.75 Å². The SMILES string of the molecule is FC(F)(F)Oc1ccc(SN[C@H]2CCCC(n3c4ccccc4c4ccccc43)C2)cc1. The van der Waals surface area contributed by atoms with Crippen molar-refractivity contribution in [3.63, 3.8) is 0 Å². The summed E-state index contributed by atoms with van der Waals surface area (Å²) >= 11 is 1.46. The lowest BCUT2D eigenvalue weighted by Crippen LogP contribution is -2.31. The molecule has 7 heteroatoms. The molecule has 1 saturated carbocycles. The van der Waals surface area contributed by atoms with Crippen molar-refractivity contribution in [2.45, 2.75) is 49.0 Å². The Morgan fingerprint density at radius 1 is 0.844 bits per heavy atom. The fourth-order valence-electron chi connectivity index (χ4n) is 4.71. The summed E-state index contributed by atoms with van der Waals surface area (Å²) in [5.74, 6) is -0.203. The number of benzene rings is 3. The number of ether oxygens (including phenoxy) is 1. The first-order valence-electron chi connectivity index (χ1n) is 10.7. The van der Waals surface area contributed by atoms with E-state index < -0.39 is 6.36 Å². The van der Waals surface area contributed by atoms with Crippen molar-refractivity contribution in [3.8, 4) is 5.75 Å². The summed E-state index contributed by atoms with van der Waals surface area (Å²) in [5.41, 5.74) is 2.54. The average Bonchev–Trinajstić information content (AvgIpc) is 3.12. The van der Waals surface area contributed by atoms with E-state index in [1.165, 1.54) is 45.9 Å². The van der Waals surface area contributed by atoms with E-state index in [-0.39, 0.29) is 5.75 Å². The van der Waals surface area contributed by atoms with E-state index in [4.69, 9.17) is 0 Å². The summed E-state index contributed by atoms with van der Waals surface area (Å²) in [6, 6.07) is 23.9. The average molecular weight is 457 g/mol. The minimum Gasteiger partial charge on any atom is -0.406 e. The van der Waals surface area contributed by atoms with Crippen LogP contribution in [0.2, 0.25) is 0 Å². The van der Waals surface area contributed by atoms with E-state index in [0.717, 1.165) is 30.6 Å². The van der Waals surface area contributed by atoms with Crippen molar-refractivity contribution < 1.29 is 17.9 Å². The number of alkyl halides is 3. The van der Waals surface area contributed by atoms with Crippen molar-refractivity contribution in [2.75, 3.05) is 0 Å². The van der Waals surface area contributed by atoms with E-state index in [9.17, 15) is 13.2 Å². The third kappa shape index (κ3) is 4.45. The highest BCUT2D eigenvalue weighted by atomic mass is 32.2. The normalized spacial score (nSPS) is 19.5. The van der Waals surface area contributed by atoms with Gasteiger partial charge in [-0.15, -0.1) is 13.2 Å². The molecule has 1 aromatic heterocycles. The van der Waals surface area contributed by atoms with E-state index in [2.05, 4.69) is 62.6 Å². The smallest absolute Gasteiger partial charge is 0.406 e. The zero-order chi connectivity index (χ0) is 22.1. The van der Waals surface area contributed by atoms with Gasteiger partial charge in [-0.05, 0) is 74.0 Å². The molecule has 1 heterocycles. The zero-order valence-corrected chi connectivity index (χ0v) is 18.1. The Morgan fingerprint density at radius 2 is 1.47 bits per heavy atom. The Kier molecular flexibility index (Phi) is 5.78. The van der Waals surface area contributed by atoms with Crippen molar-refractivity contribution in [1.29, 1.82) is 0 Å². The van der Waals surface area contributed by atoms with E-state index in [1.807, 2.05) is 0 Å². The predicted octanol–water partition coefficient (Wildman–Crippen LogP) is 7.47. The topological polar surface area (TPSA) is 26.2 Å². The molecule has 1 N–H and O–H groups in total. The maximum absolute atomic E-state index is 12.3. The van der Waals surface area contributed by atoms with Gasteiger partial charge >= 0.3 is 6.36 Å². The summed E-state index contributed by atoms with van der Waals surface area (Å²) in [6.45, 7) is 0. The van der Waals surface area contributed by atoms with Gasteiger partial charge < -0.3 is 9.30 Å². The van der Waals surface area contributed by atoms with Crippen LogP contribution in [0.1, 0.15) is 31.7 Å². The third-order valence-electron chi connectivity index (χ3n) is 6.03. The predicted molar refractivity (Wildman–Crippen MR) is 123 cm³/mol. The van der Waals surface area contributed by atoms with Gasteiger partial charge in [0, 0.05) is 38.8 Å². The van der Waals surface area contributed by atoms with Gasteiger partial charge in [-0.1, -0.05) is 36.4 Å². The van der Waals surface area contributed by atoms with E-state index >= 15 is 0 Å². The van der Waals surface area contributed by atoms with Crippen LogP contribution in [0.4, 0.5) is 13.2 Å². The van der Waals surface area contributed by atoms with Crippen molar-refractivity contribution in [1.82, 2.24) is 9.29 Å². The fourth-order valence-corrected chi connectivity index (χ4v) is 5.50. The van der Waals surface area contributed by atoms with Crippen molar-refractivity contribution in [3.05, 3.63) is 72.8 Å². The number of fused-ring (bicyclic) bond motifs is 3. The number of halogens is 3. The molecule has 0 bridgehead atoms. The second kappa shape index (κ2) is 8.71. The number of nitrogens with one attached hydrogen (secondary N) is 1. The molecule has 3 aromatic carbocycles. The van der Waals surface area contributed by atoms with Gasteiger partial charge in [-0.2, -0.15) is 0 Å². The molecule has 5 rings (SSSR count). The number of para-hydroxylation sites is 2. The van der Waals surface area contributed by atoms with Crippen molar-refractivity contribution >= 4 is 33.8 Å². The lowest BCUT2D eigenvalue weighted by Gasteiger charge is -2.31. The number of aromatic nitrogens is 1. The highest BCUT2D eigenvalue weighted by Crippen LogP contribution is 2.38. The van der Waals surface area contributed by atoms with Crippen molar-refractivity contribution in [2.24, 2.45) is 0 Å². The van der Waals surface area contributed by atoms with E-state index in [1.54, 1.807) is 12.1 Å². The molecule has 0 saturated heterocycles. The fraction of sp³-hybridized carbons (Fsp3) is 0.280. The first kappa shape index (κ1) is 21.2. The minimum absolute atomic E-state index is 0.203. The second-order valence-electron chi connectivity index (χ2n) is 8.16. The van der Waals surface area contributed by atoms with Gasteiger partial charge in [0.25, 0.3) is 0 Å². The van der Waals surface area contributed by atoms with Gasteiger partial charge in [-0.25, -0.2) is 0 Å². The molecule has 0 radical (unpaired) electrons. The lowest BCUT2D eigenvalue weighted by molar-refractivity contribution is -0.274. The Bertz CT molecular complexity index is 1170. The van der Waals surface area contributed by atoms with Gasteiger partial charge in [0.2, 0.25) is 0 Å². The molecule has 4 aromatic rings. The molecule has 0 aliphatic heterocycles. The Morgan fingerprint density at radius 3 is 2.09 bits per heavy atom. The lowest BCUT2D eigenvalue weighted by atomic mass is 9.91. The van der Waals surface area contributed by atoms with E-state index in [0.29, 0.717) is 12.1 Å². The molecule has 1 aliphatic carbocycles. The first-order chi connectivity index (χ1) is 15.5. The zero-order valence-electron chi connectivity index (χ0n) is 17.3. The van der Waals surface area contributed by atoms with Crippen LogP contribution in [-0.2, 0) is 0 Å². The number of hydrogen-bond acceptors (Lipinski definition) is 3. The number of rotatable bonds is 5. The van der Waals surface area contributed by atoms with Gasteiger partial charge in [0.05, 0.1) is 0 Å². The Labute approximate surface area is 188 Å². The van der Waals surface area contributed by atoms with Gasteiger partial charge in [0.15, 0.2) is 0 Å². The minimum atomic E-state index is -4.67. The molecule has 32 heavy (non-hydrogen) atoms. The quantitative estimate of drug-likeness (QED) is 0.315. The Balaban J connectivity index is 1.30. The van der Waals surface area contributed by atoms with Crippen LogP contribution in [0.3, 0.4) is 0 Å². The highest BCUT2D eigenvalue weighted by molar-refractivity contribution is 7.97. The van der Waals surface area contributed by atoms with Gasteiger partial charge in [0.1, 0.15) is 5.75 Å². The summed E-state index contributed by atoms with van der Waals surface area (Å²) in [4.78, 5) is 0.860. The molecular weight excluding hydrogens is 433 g/mol. The summed E-state index contributed by atoms with van der Waals surface area (Å²) < 4.78 is 47.0. The molecule has 2 atom stereocenters. The van der Waals surface area contributed by atoms with Crippen LogP contribution in [0, 0.1) is 0 Å². The highest BCUT2D eigenvalue weighted by Gasteiger charge is 2.31. The number of hydrogen-bond donors (Lipinski definition) is 1. The van der Waals surface area contributed by atoms with Crippen LogP contribution < -0.4 is 9.46 Å². The summed E-state index contributed by atoms with van der Waals surface area (Å²) in [7, 11) is 0. The maximum Gasteiger partial charge on any atom is 0.573 e. The molecule has 0 amide bonds. The van der Waals surface area contributed by atoms with Crippen LogP contribution >= 0.6 is 11.9 Å². The van der Waals surface area contributed by atoms with Gasteiger partial charge in [-0.3, -0.25) is 4.72 Å². The molecule has 0 spiro atoms. The second-order valence-corrected chi connectivity index (χ2v) is 9.07. The maximum atomic E-state index is 12.3. The molecule has 166 valence electrons. The Hall–Kier alpha value is -2.64. The standard InChI is InChI=1S/C25H23F3N2OS/c26-25(27,28)31-19-12-14-20(15-13-19)32-29-17-6-5-7-18(16-17)30-23-10-3-1-8-21(23)22-9-2-4-11-24(22)30/h1-4,8-15,17-18,29H,5-7,16H2/t17-,18?/m0/s1.